The number of carbonyl (C=O) groups excluding carboxylic acids is 1. The fourth-order valence-corrected chi connectivity index (χ4v) is 3.31. The molecule has 3 rings (SSSR count). The molecule has 0 aromatic heterocycles. The largest absolute Gasteiger partial charge is 0.481 e. The zero-order chi connectivity index (χ0) is 16.5. The Balaban J connectivity index is 1.51. The summed E-state index contributed by atoms with van der Waals surface area (Å²) in [6.45, 7) is 3.18. The lowest BCUT2D eigenvalue weighted by Gasteiger charge is -2.22. The Morgan fingerprint density at radius 2 is 1.91 bits per heavy atom. The number of carboxylic acids is 1. The summed E-state index contributed by atoms with van der Waals surface area (Å²) in [6.07, 6.45) is 3.77. The van der Waals surface area contributed by atoms with Crippen molar-refractivity contribution in [1.29, 1.82) is 0 Å². The van der Waals surface area contributed by atoms with Crippen LogP contribution in [0.1, 0.15) is 31.7 Å². The molecule has 1 aliphatic carbocycles. The maximum atomic E-state index is 12.3. The van der Waals surface area contributed by atoms with Crippen LogP contribution < -0.4 is 5.32 Å². The topological polar surface area (TPSA) is 69.6 Å². The summed E-state index contributed by atoms with van der Waals surface area (Å²) in [5.74, 6) is -0.824. The molecule has 1 atom stereocenters. The molecule has 1 saturated heterocycles. The van der Waals surface area contributed by atoms with E-state index in [0.717, 1.165) is 19.3 Å². The van der Waals surface area contributed by atoms with Crippen molar-refractivity contribution in [2.75, 3.05) is 19.6 Å². The zero-order valence-corrected chi connectivity index (χ0v) is 13.5. The van der Waals surface area contributed by atoms with E-state index < -0.39 is 11.4 Å². The first kappa shape index (κ1) is 15.8. The van der Waals surface area contributed by atoms with Crippen LogP contribution in [0.3, 0.4) is 0 Å². The highest BCUT2D eigenvalue weighted by Crippen LogP contribution is 2.47. The van der Waals surface area contributed by atoms with Gasteiger partial charge in [-0.2, -0.15) is 0 Å². The van der Waals surface area contributed by atoms with E-state index in [4.69, 9.17) is 0 Å². The Labute approximate surface area is 136 Å². The van der Waals surface area contributed by atoms with Crippen LogP contribution in [0.25, 0.3) is 0 Å². The number of likely N-dealkylation sites (tertiary alicyclic amines) is 1. The van der Waals surface area contributed by atoms with Crippen LogP contribution in [0.2, 0.25) is 0 Å². The third-order valence-corrected chi connectivity index (χ3v) is 5.27. The van der Waals surface area contributed by atoms with Crippen molar-refractivity contribution in [1.82, 2.24) is 10.2 Å². The van der Waals surface area contributed by atoms with Gasteiger partial charge in [-0.05, 0) is 43.6 Å². The van der Waals surface area contributed by atoms with Gasteiger partial charge in [-0.1, -0.05) is 30.3 Å². The molecule has 5 heteroatoms. The molecule has 5 nitrogen and oxygen atoms in total. The third-order valence-electron chi connectivity index (χ3n) is 5.27. The number of hydrogen-bond acceptors (Lipinski definition) is 2. The smallest absolute Gasteiger partial charge is 0.317 e. The molecular formula is C18H24N2O3. The summed E-state index contributed by atoms with van der Waals surface area (Å²) in [6, 6.07) is 10.2. The van der Waals surface area contributed by atoms with Gasteiger partial charge in [-0.25, -0.2) is 4.79 Å². The van der Waals surface area contributed by atoms with Crippen molar-refractivity contribution < 1.29 is 14.7 Å². The number of nitrogens with one attached hydrogen (secondary N) is 1. The summed E-state index contributed by atoms with van der Waals surface area (Å²) in [5, 5.41) is 12.3. The van der Waals surface area contributed by atoms with Gasteiger partial charge < -0.3 is 15.3 Å². The third kappa shape index (κ3) is 3.49. The van der Waals surface area contributed by atoms with Gasteiger partial charge in [0.05, 0.1) is 5.41 Å². The predicted molar refractivity (Wildman–Crippen MR) is 87.1 cm³/mol. The summed E-state index contributed by atoms with van der Waals surface area (Å²) in [5.41, 5.74) is 0.685. The van der Waals surface area contributed by atoms with Crippen LogP contribution in [0.15, 0.2) is 30.3 Å². The molecule has 1 aromatic carbocycles. The lowest BCUT2D eigenvalue weighted by Crippen LogP contribution is -2.43. The number of benzene rings is 1. The molecule has 23 heavy (non-hydrogen) atoms. The highest BCUT2D eigenvalue weighted by atomic mass is 16.4. The van der Waals surface area contributed by atoms with Crippen molar-refractivity contribution in [3.63, 3.8) is 0 Å². The number of aliphatic carboxylic acids is 1. The first-order valence-corrected chi connectivity index (χ1v) is 8.23. The number of nitrogens with zero attached hydrogens (tertiary/aromatic N) is 1. The van der Waals surface area contributed by atoms with E-state index in [0.29, 0.717) is 26.1 Å². The molecule has 2 N–H and O–H groups in total. The van der Waals surface area contributed by atoms with E-state index in [-0.39, 0.29) is 11.4 Å². The molecule has 124 valence electrons. The maximum absolute atomic E-state index is 12.3. The molecule has 0 radical (unpaired) electrons. The van der Waals surface area contributed by atoms with E-state index in [1.807, 2.05) is 18.2 Å². The molecular weight excluding hydrogens is 292 g/mol. The van der Waals surface area contributed by atoms with Crippen LogP contribution in [-0.4, -0.2) is 41.6 Å². The predicted octanol–water partition coefficient (Wildman–Crippen LogP) is 2.52. The van der Waals surface area contributed by atoms with Gasteiger partial charge in [0.2, 0.25) is 0 Å². The summed E-state index contributed by atoms with van der Waals surface area (Å²) in [4.78, 5) is 25.2. The van der Waals surface area contributed by atoms with Crippen molar-refractivity contribution in [3.8, 4) is 0 Å². The van der Waals surface area contributed by atoms with E-state index >= 15 is 0 Å². The van der Waals surface area contributed by atoms with E-state index in [1.165, 1.54) is 5.56 Å². The lowest BCUT2D eigenvalue weighted by atomic mass is 9.90. The summed E-state index contributed by atoms with van der Waals surface area (Å²) >= 11 is 0. The number of carbonyl (C=O) groups is 2. The van der Waals surface area contributed by atoms with Crippen molar-refractivity contribution in [3.05, 3.63) is 35.9 Å². The van der Waals surface area contributed by atoms with E-state index in [9.17, 15) is 14.7 Å². The zero-order valence-electron chi connectivity index (χ0n) is 13.5. The Morgan fingerprint density at radius 3 is 2.48 bits per heavy atom. The van der Waals surface area contributed by atoms with Gasteiger partial charge in [0.15, 0.2) is 0 Å². The van der Waals surface area contributed by atoms with Gasteiger partial charge in [0.1, 0.15) is 0 Å². The highest BCUT2D eigenvalue weighted by molar-refractivity contribution is 5.79. The first-order valence-electron chi connectivity index (χ1n) is 8.23. The highest BCUT2D eigenvalue weighted by Gasteiger charge is 2.45. The Hall–Kier alpha value is -2.04. The lowest BCUT2D eigenvalue weighted by molar-refractivity contribution is -0.147. The number of hydrogen-bond donors (Lipinski definition) is 2. The Bertz CT molecular complexity index is 598. The number of urea groups is 1. The van der Waals surface area contributed by atoms with Crippen LogP contribution in [0.4, 0.5) is 4.79 Å². The van der Waals surface area contributed by atoms with E-state index in [1.54, 1.807) is 11.8 Å². The second kappa shape index (κ2) is 5.87. The van der Waals surface area contributed by atoms with Gasteiger partial charge in [0.25, 0.3) is 0 Å². The Kier molecular flexibility index (Phi) is 4.04. The van der Waals surface area contributed by atoms with Gasteiger partial charge in [0, 0.05) is 19.6 Å². The Morgan fingerprint density at radius 1 is 1.22 bits per heavy atom. The molecule has 2 amide bonds. The van der Waals surface area contributed by atoms with Crippen LogP contribution >= 0.6 is 0 Å². The number of carboxylic acid groups (broad SMARTS) is 1. The number of amides is 2. The van der Waals surface area contributed by atoms with Crippen molar-refractivity contribution in [2.24, 2.45) is 10.8 Å². The molecule has 0 bridgehead atoms. The first-order chi connectivity index (χ1) is 10.9. The molecule has 1 aromatic rings. The minimum atomic E-state index is -0.824. The second-order valence-electron chi connectivity index (χ2n) is 7.36. The molecule has 1 unspecified atom stereocenters. The van der Waals surface area contributed by atoms with Crippen molar-refractivity contribution in [2.45, 2.75) is 32.6 Å². The minimum Gasteiger partial charge on any atom is -0.481 e. The van der Waals surface area contributed by atoms with Gasteiger partial charge >= 0.3 is 12.0 Å². The minimum absolute atomic E-state index is 0.130. The standard InChI is InChI=1S/C18H24N2O3/c1-17(15(21)22)9-10-20(13-17)16(23)19-12-18(7-8-18)11-14-5-3-2-4-6-14/h2-6H,7-13H2,1H3,(H,19,23)(H,21,22). The maximum Gasteiger partial charge on any atom is 0.317 e. The van der Waals surface area contributed by atoms with Crippen molar-refractivity contribution >= 4 is 12.0 Å². The fourth-order valence-electron chi connectivity index (χ4n) is 3.31. The molecule has 1 heterocycles. The fraction of sp³-hybridized carbons (Fsp3) is 0.556. The SMILES string of the molecule is CC1(C(=O)O)CCN(C(=O)NCC2(Cc3ccccc3)CC2)C1. The molecule has 1 saturated carbocycles. The molecule has 1 aliphatic heterocycles. The van der Waals surface area contributed by atoms with E-state index in [2.05, 4.69) is 17.4 Å². The molecule has 2 aliphatic rings. The summed E-state index contributed by atoms with van der Waals surface area (Å²) < 4.78 is 0. The quantitative estimate of drug-likeness (QED) is 0.877. The molecule has 0 spiro atoms. The summed E-state index contributed by atoms with van der Waals surface area (Å²) in [7, 11) is 0. The average Bonchev–Trinajstić information content (AvgIpc) is 3.17. The average molecular weight is 316 g/mol. The van der Waals surface area contributed by atoms with Crippen LogP contribution in [0, 0.1) is 10.8 Å². The van der Waals surface area contributed by atoms with Crippen LogP contribution in [-0.2, 0) is 11.2 Å². The van der Waals surface area contributed by atoms with Crippen LogP contribution in [0.5, 0.6) is 0 Å². The second-order valence-corrected chi connectivity index (χ2v) is 7.36. The van der Waals surface area contributed by atoms with Gasteiger partial charge in [-0.15, -0.1) is 0 Å². The van der Waals surface area contributed by atoms with Gasteiger partial charge in [-0.3, -0.25) is 4.79 Å². The molecule has 2 fully saturated rings. The monoisotopic (exact) mass is 316 g/mol. The normalized spacial score (nSPS) is 25.2. The number of rotatable bonds is 5.